The molecule has 2 aliphatic rings. The van der Waals surface area contributed by atoms with Gasteiger partial charge in [0, 0.05) is 11.8 Å². The highest BCUT2D eigenvalue weighted by atomic mass is 16.3. The van der Waals surface area contributed by atoms with Gasteiger partial charge in [-0.1, -0.05) is 6.92 Å². The Kier molecular flexibility index (Phi) is 2.75. The van der Waals surface area contributed by atoms with Crippen LogP contribution < -0.4 is 21.3 Å². The van der Waals surface area contributed by atoms with Crippen molar-refractivity contribution >= 4 is 17.9 Å². The predicted molar refractivity (Wildman–Crippen MR) is 70.6 cm³/mol. The quantitative estimate of drug-likeness (QED) is 0.717. The van der Waals surface area contributed by atoms with E-state index in [1.165, 1.54) is 0 Å². The summed E-state index contributed by atoms with van der Waals surface area (Å²) in [6, 6.07) is 0. The number of nitrogens with one attached hydrogen (secondary N) is 2. The van der Waals surface area contributed by atoms with Gasteiger partial charge in [0.05, 0.1) is 24.4 Å². The maximum Gasteiger partial charge on any atom is 0.284 e. The molecule has 1 aromatic heterocycles. The maximum absolute atomic E-state index is 11.3. The van der Waals surface area contributed by atoms with Crippen molar-refractivity contribution in [3.63, 3.8) is 0 Å². The third-order valence-corrected chi connectivity index (χ3v) is 3.25. The minimum absolute atomic E-state index is 0.0575. The monoisotopic (exact) mass is 261 g/mol. The van der Waals surface area contributed by atoms with Crippen LogP contribution in [0.1, 0.15) is 23.0 Å². The Morgan fingerprint density at radius 2 is 2.53 bits per heavy atom. The molecule has 1 aromatic rings. The maximum atomic E-state index is 11.3. The average Bonchev–Trinajstić information content (AvgIpc) is 3.01. The molecule has 0 spiro atoms. The summed E-state index contributed by atoms with van der Waals surface area (Å²) in [6.45, 7) is 2.63. The van der Waals surface area contributed by atoms with Crippen LogP contribution in [0.4, 0.5) is 5.69 Å². The average molecular weight is 261 g/mol. The summed E-state index contributed by atoms with van der Waals surface area (Å²) in [5.74, 6) is -0.337. The van der Waals surface area contributed by atoms with Crippen molar-refractivity contribution in [1.29, 1.82) is 0 Å². The number of furan rings is 1. The van der Waals surface area contributed by atoms with Crippen LogP contribution >= 0.6 is 0 Å². The zero-order valence-corrected chi connectivity index (χ0v) is 10.5. The lowest BCUT2D eigenvalue weighted by atomic mass is 10.1. The molecule has 7 nitrogen and oxygen atoms in total. The number of nitrogens with two attached hydrogens (primary N) is 1. The number of hydrogen-bond acceptors (Lipinski definition) is 6. The van der Waals surface area contributed by atoms with Crippen molar-refractivity contribution in [3.8, 4) is 0 Å². The second-order valence-electron chi connectivity index (χ2n) is 4.34. The number of fused-ring (bicyclic) bond motifs is 1. The number of carbonyl (C=O) groups is 1. The van der Waals surface area contributed by atoms with E-state index in [4.69, 9.17) is 10.2 Å². The predicted octanol–water partition coefficient (Wildman–Crippen LogP) is 0.107. The smallest absolute Gasteiger partial charge is 0.284 e. The zero-order chi connectivity index (χ0) is 13.4. The number of nitrogens with zero attached hydrogens (tertiary/aromatic N) is 2. The zero-order valence-electron chi connectivity index (χ0n) is 10.5. The van der Waals surface area contributed by atoms with E-state index in [-0.39, 0.29) is 11.9 Å². The summed E-state index contributed by atoms with van der Waals surface area (Å²) < 4.78 is 5.29. The Bertz CT molecular complexity index is 575. The van der Waals surface area contributed by atoms with Gasteiger partial charge in [0.15, 0.2) is 5.76 Å². The minimum Gasteiger partial charge on any atom is -0.457 e. The second kappa shape index (κ2) is 4.43. The van der Waals surface area contributed by atoms with E-state index in [1.807, 2.05) is 18.0 Å². The van der Waals surface area contributed by atoms with Crippen molar-refractivity contribution in [2.24, 2.45) is 10.7 Å². The molecule has 0 aliphatic carbocycles. The van der Waals surface area contributed by atoms with Gasteiger partial charge in [-0.2, -0.15) is 0 Å². The van der Waals surface area contributed by atoms with E-state index in [2.05, 4.69) is 15.6 Å². The normalized spacial score (nSPS) is 21.0. The molecule has 1 atom stereocenters. The second-order valence-corrected chi connectivity index (χ2v) is 4.34. The number of primary amides is 1. The molecule has 0 radical (unpaired) electrons. The minimum atomic E-state index is -0.551. The van der Waals surface area contributed by atoms with Gasteiger partial charge in [0.1, 0.15) is 12.4 Å². The van der Waals surface area contributed by atoms with Crippen LogP contribution in [0, 0.1) is 0 Å². The van der Waals surface area contributed by atoms with Gasteiger partial charge < -0.3 is 15.5 Å². The van der Waals surface area contributed by atoms with Gasteiger partial charge in [0.25, 0.3) is 5.91 Å². The molecule has 4 N–H and O–H groups in total. The fraction of sp³-hybridized carbons (Fsp3) is 0.333. The first-order chi connectivity index (χ1) is 9.22. The Balaban J connectivity index is 2.01. The van der Waals surface area contributed by atoms with Gasteiger partial charge in [-0.3, -0.25) is 15.0 Å². The van der Waals surface area contributed by atoms with E-state index in [0.29, 0.717) is 13.1 Å². The number of anilines is 1. The molecule has 100 valence electrons. The number of carbonyl (C=O) groups excluding carboxylic acids is 1. The standard InChI is InChI=1S/C12H15N5O2/c1-2-7-9(4-19-10(7)11(13)18)17-6-16-12-8(17)3-14-5-15-12/h3-4,6,12,14-15H,2,5H2,1H3,(H2,13,18). The van der Waals surface area contributed by atoms with Crippen molar-refractivity contribution in [2.45, 2.75) is 19.5 Å². The molecule has 19 heavy (non-hydrogen) atoms. The van der Waals surface area contributed by atoms with E-state index in [9.17, 15) is 4.79 Å². The van der Waals surface area contributed by atoms with Crippen LogP contribution in [-0.2, 0) is 6.42 Å². The van der Waals surface area contributed by atoms with E-state index in [1.54, 1.807) is 12.6 Å². The first-order valence-electron chi connectivity index (χ1n) is 6.12. The Labute approximate surface area is 110 Å². The molecule has 7 heteroatoms. The third-order valence-electron chi connectivity index (χ3n) is 3.25. The summed E-state index contributed by atoms with van der Waals surface area (Å²) in [4.78, 5) is 17.6. The fourth-order valence-electron chi connectivity index (χ4n) is 2.35. The Morgan fingerprint density at radius 1 is 1.68 bits per heavy atom. The highest BCUT2D eigenvalue weighted by Gasteiger charge is 2.30. The van der Waals surface area contributed by atoms with Crippen LogP contribution in [0.2, 0.25) is 0 Å². The summed E-state index contributed by atoms with van der Waals surface area (Å²) in [5, 5.41) is 6.31. The molecule has 2 aliphatic heterocycles. The first-order valence-corrected chi connectivity index (χ1v) is 6.12. The van der Waals surface area contributed by atoms with Crippen LogP contribution in [0.3, 0.4) is 0 Å². The van der Waals surface area contributed by atoms with Crippen LogP contribution in [0.5, 0.6) is 0 Å². The SMILES string of the molecule is CCc1c(N2C=NC3NCNC=C32)coc1C(N)=O. The van der Waals surface area contributed by atoms with Crippen LogP contribution in [-0.4, -0.2) is 25.1 Å². The Morgan fingerprint density at radius 3 is 3.26 bits per heavy atom. The number of amides is 1. The third kappa shape index (κ3) is 1.78. The largest absolute Gasteiger partial charge is 0.457 e. The molecule has 0 aromatic carbocycles. The summed E-state index contributed by atoms with van der Waals surface area (Å²) in [7, 11) is 0. The lowest BCUT2D eigenvalue weighted by Crippen LogP contribution is -2.42. The molecule has 1 unspecified atom stereocenters. The van der Waals surface area contributed by atoms with Crippen molar-refractivity contribution in [1.82, 2.24) is 10.6 Å². The fourth-order valence-corrected chi connectivity index (χ4v) is 2.35. The molecular formula is C12H15N5O2. The summed E-state index contributed by atoms with van der Waals surface area (Å²) in [6.07, 6.45) is 5.78. The number of hydrogen-bond donors (Lipinski definition) is 3. The molecule has 1 amide bonds. The molecule has 0 fully saturated rings. The lowest BCUT2D eigenvalue weighted by Gasteiger charge is -2.24. The molecule has 3 heterocycles. The molecule has 3 rings (SSSR count). The number of rotatable bonds is 3. The lowest BCUT2D eigenvalue weighted by molar-refractivity contribution is 0.0972. The highest BCUT2D eigenvalue weighted by molar-refractivity contribution is 5.96. The van der Waals surface area contributed by atoms with Gasteiger partial charge in [-0.25, -0.2) is 4.99 Å². The van der Waals surface area contributed by atoms with Gasteiger partial charge >= 0.3 is 0 Å². The van der Waals surface area contributed by atoms with E-state index >= 15 is 0 Å². The first kappa shape index (κ1) is 11.8. The molecule has 0 bridgehead atoms. The van der Waals surface area contributed by atoms with Crippen molar-refractivity contribution in [3.05, 3.63) is 29.5 Å². The van der Waals surface area contributed by atoms with Gasteiger partial charge in [-0.05, 0) is 6.42 Å². The topological polar surface area (TPSA) is 95.9 Å². The van der Waals surface area contributed by atoms with Gasteiger partial charge in [0.2, 0.25) is 0 Å². The van der Waals surface area contributed by atoms with Crippen LogP contribution in [0.25, 0.3) is 0 Å². The van der Waals surface area contributed by atoms with E-state index < -0.39 is 5.91 Å². The number of aliphatic imine (C=N–C) groups is 1. The van der Waals surface area contributed by atoms with Crippen molar-refractivity contribution in [2.75, 3.05) is 11.6 Å². The molecule has 0 saturated carbocycles. The van der Waals surface area contributed by atoms with Crippen LogP contribution in [0.15, 0.2) is 27.6 Å². The van der Waals surface area contributed by atoms with Gasteiger partial charge in [-0.15, -0.1) is 0 Å². The van der Waals surface area contributed by atoms with Crippen molar-refractivity contribution < 1.29 is 9.21 Å². The highest BCUT2D eigenvalue weighted by Crippen LogP contribution is 2.32. The molecular weight excluding hydrogens is 246 g/mol. The summed E-state index contributed by atoms with van der Waals surface area (Å²) in [5.41, 5.74) is 7.88. The molecule has 0 saturated heterocycles. The van der Waals surface area contributed by atoms with E-state index in [0.717, 1.165) is 16.9 Å². The Hall–Kier alpha value is -2.28. The summed E-state index contributed by atoms with van der Waals surface area (Å²) >= 11 is 0.